The van der Waals surface area contributed by atoms with Gasteiger partial charge in [-0.1, -0.05) is 32.8 Å². The molecule has 2 N–H and O–H groups in total. The van der Waals surface area contributed by atoms with Crippen LogP contribution in [0.4, 0.5) is 0 Å². The van der Waals surface area contributed by atoms with Crippen LogP contribution in [0.3, 0.4) is 0 Å². The van der Waals surface area contributed by atoms with Gasteiger partial charge in [0.2, 0.25) is 0 Å². The lowest BCUT2D eigenvalue weighted by atomic mass is 9.93. The Morgan fingerprint density at radius 3 is 2.21 bits per heavy atom. The van der Waals surface area contributed by atoms with E-state index in [1.165, 1.54) is 12.8 Å². The van der Waals surface area contributed by atoms with Crippen molar-refractivity contribution in [2.45, 2.75) is 32.7 Å². The van der Waals surface area contributed by atoms with Gasteiger partial charge in [-0.2, -0.15) is 0 Å². The van der Waals surface area contributed by atoms with Gasteiger partial charge in [-0.25, -0.2) is 0 Å². The Hall–Kier alpha value is -0.300. The second kappa shape index (κ2) is 12.7. The van der Waals surface area contributed by atoms with Crippen LogP contribution in [0.1, 0.15) is 26.7 Å². The lowest BCUT2D eigenvalue weighted by Gasteiger charge is -2.32. The molecule has 19 heavy (non-hydrogen) atoms. The summed E-state index contributed by atoms with van der Waals surface area (Å²) in [6.07, 6.45) is 4.25. The predicted molar refractivity (Wildman–Crippen MR) is 96.5 cm³/mol. The second-order valence-electron chi connectivity index (χ2n) is 4.73. The van der Waals surface area contributed by atoms with Gasteiger partial charge in [0, 0.05) is 26.2 Å². The van der Waals surface area contributed by atoms with Crippen molar-refractivity contribution in [3.8, 4) is 0 Å². The van der Waals surface area contributed by atoms with Gasteiger partial charge >= 0.3 is 0 Å². The summed E-state index contributed by atoms with van der Waals surface area (Å²) in [7, 11) is 6.08. The van der Waals surface area contributed by atoms with Crippen molar-refractivity contribution in [1.82, 2.24) is 15.5 Å². The summed E-state index contributed by atoms with van der Waals surface area (Å²) in [5, 5.41) is 6.57. The maximum Gasteiger partial charge on any atom is 0.191 e. The molecule has 0 fully saturated rings. The van der Waals surface area contributed by atoms with Crippen molar-refractivity contribution in [2.24, 2.45) is 10.9 Å². The molecule has 114 valence electrons. The van der Waals surface area contributed by atoms with E-state index >= 15 is 0 Å². The van der Waals surface area contributed by atoms with Gasteiger partial charge < -0.3 is 15.5 Å². The van der Waals surface area contributed by atoms with Crippen LogP contribution in [-0.2, 0) is 0 Å². The average Bonchev–Trinajstić information content (AvgIpc) is 2.37. The first-order valence-corrected chi connectivity index (χ1v) is 6.82. The maximum absolute atomic E-state index is 4.20. The van der Waals surface area contributed by atoms with Crippen LogP contribution >= 0.6 is 24.0 Å². The van der Waals surface area contributed by atoms with Crippen LogP contribution < -0.4 is 10.6 Å². The van der Waals surface area contributed by atoms with Gasteiger partial charge in [-0.3, -0.25) is 4.99 Å². The lowest BCUT2D eigenvalue weighted by Crippen LogP contribution is -2.48. The van der Waals surface area contributed by atoms with E-state index in [-0.39, 0.29) is 24.0 Å². The van der Waals surface area contributed by atoms with Crippen LogP contribution in [0.2, 0.25) is 0 Å². The molecule has 0 aliphatic rings. The molecule has 0 bridgehead atoms. The van der Waals surface area contributed by atoms with E-state index in [2.05, 4.69) is 55.0 Å². The van der Waals surface area contributed by atoms with E-state index in [0.717, 1.165) is 19.0 Å². The van der Waals surface area contributed by atoms with Crippen molar-refractivity contribution < 1.29 is 0 Å². The largest absolute Gasteiger partial charge is 0.355 e. The fraction of sp³-hybridized carbons (Fsp3) is 0.786. The predicted octanol–water partition coefficient (Wildman–Crippen LogP) is 2.32. The minimum Gasteiger partial charge on any atom is -0.355 e. The Morgan fingerprint density at radius 1 is 1.26 bits per heavy atom. The van der Waals surface area contributed by atoms with Gasteiger partial charge in [0.25, 0.3) is 0 Å². The molecule has 1 unspecified atom stereocenters. The SMILES string of the molecule is C=CCNC(=NC)NCC(C(CC)CC)N(C)C.I. The quantitative estimate of drug-likeness (QED) is 0.293. The minimum absolute atomic E-state index is 0. The van der Waals surface area contributed by atoms with Gasteiger partial charge in [-0.15, -0.1) is 30.6 Å². The molecule has 0 saturated heterocycles. The number of nitrogens with zero attached hydrogens (tertiary/aromatic N) is 2. The third kappa shape index (κ3) is 8.47. The molecule has 5 heteroatoms. The summed E-state index contributed by atoms with van der Waals surface area (Å²) >= 11 is 0. The highest BCUT2D eigenvalue weighted by Gasteiger charge is 2.20. The summed E-state index contributed by atoms with van der Waals surface area (Å²) in [5.41, 5.74) is 0. The molecule has 0 aliphatic heterocycles. The number of halogens is 1. The summed E-state index contributed by atoms with van der Waals surface area (Å²) in [6.45, 7) is 9.86. The number of nitrogens with one attached hydrogen (secondary N) is 2. The Morgan fingerprint density at radius 2 is 1.84 bits per heavy atom. The molecule has 0 aromatic heterocycles. The standard InChI is InChI=1S/C14H30N4.HI/c1-7-10-16-14(15-4)17-11-13(18(5)6)12(8-2)9-3;/h7,12-13H,1,8-11H2,2-6H3,(H2,15,16,17);1H. The summed E-state index contributed by atoms with van der Waals surface area (Å²) in [6, 6.07) is 0.530. The lowest BCUT2D eigenvalue weighted by molar-refractivity contribution is 0.200. The Bertz CT molecular complexity index is 250. The zero-order valence-electron chi connectivity index (χ0n) is 13.1. The Kier molecular flexibility index (Phi) is 14.1. The van der Waals surface area contributed by atoms with E-state index in [4.69, 9.17) is 0 Å². The summed E-state index contributed by atoms with van der Waals surface area (Å²) < 4.78 is 0. The molecule has 0 aliphatic carbocycles. The highest BCUT2D eigenvalue weighted by molar-refractivity contribution is 14.0. The molecule has 0 radical (unpaired) electrons. The molecule has 0 heterocycles. The van der Waals surface area contributed by atoms with Gasteiger partial charge in [0.15, 0.2) is 5.96 Å². The monoisotopic (exact) mass is 382 g/mol. The Labute approximate surface area is 136 Å². The fourth-order valence-corrected chi connectivity index (χ4v) is 2.19. The van der Waals surface area contributed by atoms with Crippen LogP contribution in [0.25, 0.3) is 0 Å². The van der Waals surface area contributed by atoms with E-state index in [1.54, 1.807) is 7.05 Å². The van der Waals surface area contributed by atoms with Gasteiger partial charge in [0.05, 0.1) is 0 Å². The van der Waals surface area contributed by atoms with Crippen LogP contribution in [0, 0.1) is 5.92 Å². The van der Waals surface area contributed by atoms with Gasteiger partial charge in [0.1, 0.15) is 0 Å². The first-order chi connectivity index (χ1) is 8.60. The number of guanidine groups is 1. The first-order valence-electron chi connectivity index (χ1n) is 6.82. The maximum atomic E-state index is 4.20. The Balaban J connectivity index is 0. The highest BCUT2D eigenvalue weighted by atomic mass is 127. The van der Waals surface area contributed by atoms with E-state index < -0.39 is 0 Å². The minimum atomic E-state index is 0. The molecule has 1 atom stereocenters. The first kappa shape index (κ1) is 21.0. The smallest absolute Gasteiger partial charge is 0.191 e. The zero-order chi connectivity index (χ0) is 14.0. The summed E-state index contributed by atoms with van der Waals surface area (Å²) in [4.78, 5) is 6.49. The topological polar surface area (TPSA) is 39.7 Å². The summed E-state index contributed by atoms with van der Waals surface area (Å²) in [5.74, 6) is 1.55. The molecule has 0 saturated carbocycles. The van der Waals surface area contributed by atoms with E-state index in [1.807, 2.05) is 6.08 Å². The normalized spacial score (nSPS) is 13.1. The molecule has 4 nitrogen and oxygen atoms in total. The van der Waals surface area contributed by atoms with Crippen molar-refractivity contribution in [3.63, 3.8) is 0 Å². The third-order valence-electron chi connectivity index (χ3n) is 3.37. The van der Waals surface area contributed by atoms with Crippen molar-refractivity contribution in [3.05, 3.63) is 12.7 Å². The molecule has 0 spiro atoms. The van der Waals surface area contributed by atoms with Crippen LogP contribution in [-0.4, -0.2) is 51.1 Å². The molecule has 0 aromatic carbocycles. The molecular formula is C14H31IN4. The average molecular weight is 382 g/mol. The number of rotatable bonds is 8. The molecule has 0 amide bonds. The van der Waals surface area contributed by atoms with E-state index in [9.17, 15) is 0 Å². The number of aliphatic imine (C=N–C) groups is 1. The number of likely N-dealkylation sites (N-methyl/N-ethyl adjacent to an activating group) is 1. The number of hydrogen-bond donors (Lipinski definition) is 2. The van der Waals surface area contributed by atoms with Crippen molar-refractivity contribution >= 4 is 29.9 Å². The second-order valence-corrected chi connectivity index (χ2v) is 4.73. The van der Waals surface area contributed by atoms with Gasteiger partial charge in [-0.05, 0) is 20.0 Å². The van der Waals surface area contributed by atoms with Crippen molar-refractivity contribution in [2.75, 3.05) is 34.2 Å². The third-order valence-corrected chi connectivity index (χ3v) is 3.37. The molecular weight excluding hydrogens is 351 g/mol. The molecule has 0 aromatic rings. The van der Waals surface area contributed by atoms with Crippen LogP contribution in [0.5, 0.6) is 0 Å². The molecule has 0 rings (SSSR count). The van der Waals surface area contributed by atoms with E-state index in [0.29, 0.717) is 12.0 Å². The van der Waals surface area contributed by atoms with Crippen molar-refractivity contribution in [1.29, 1.82) is 0 Å². The van der Waals surface area contributed by atoms with Crippen LogP contribution in [0.15, 0.2) is 17.6 Å². The zero-order valence-corrected chi connectivity index (χ0v) is 15.4. The fourth-order valence-electron chi connectivity index (χ4n) is 2.19. The highest BCUT2D eigenvalue weighted by Crippen LogP contribution is 2.16. The number of hydrogen-bond acceptors (Lipinski definition) is 2.